The molecule has 0 aliphatic heterocycles. The zero-order valence-corrected chi connectivity index (χ0v) is 14.7. The van der Waals surface area contributed by atoms with Gasteiger partial charge in [-0.2, -0.15) is 0 Å². The molecule has 1 N–H and O–H groups in total. The number of aromatic amines is 1. The van der Waals surface area contributed by atoms with E-state index in [1.165, 1.54) is 5.70 Å². The minimum absolute atomic E-state index is 0.126. The lowest BCUT2D eigenvalue weighted by Crippen LogP contribution is -2.35. The summed E-state index contributed by atoms with van der Waals surface area (Å²) in [6.45, 7) is 11.7. The Bertz CT molecular complexity index is 783. The Balaban J connectivity index is 2.18. The van der Waals surface area contributed by atoms with Gasteiger partial charge in [-0.05, 0) is 24.2 Å². The van der Waals surface area contributed by atoms with Crippen LogP contribution in [0.3, 0.4) is 0 Å². The molecule has 3 rings (SSSR count). The Morgan fingerprint density at radius 1 is 1.32 bits per heavy atom. The molecular formula is C17H24N4S. The monoisotopic (exact) mass is 316 g/mol. The number of nitrogens with zero attached hydrogens (tertiary/aromatic N) is 3. The molecule has 1 unspecified atom stereocenters. The number of hydrogen-bond donors (Lipinski definition) is 1. The van der Waals surface area contributed by atoms with Crippen LogP contribution in [-0.4, -0.2) is 19.5 Å². The molecule has 0 spiro atoms. The van der Waals surface area contributed by atoms with Crippen LogP contribution in [0.2, 0.25) is 0 Å². The maximum Gasteiger partial charge on any atom is 0.157 e. The van der Waals surface area contributed by atoms with E-state index in [9.17, 15) is 0 Å². The molecule has 2 aromatic heterocycles. The quantitative estimate of drug-likeness (QED) is 0.837. The van der Waals surface area contributed by atoms with Crippen LogP contribution >= 0.6 is 12.2 Å². The molecule has 0 fully saturated rings. The van der Waals surface area contributed by atoms with E-state index in [1.54, 1.807) is 6.33 Å². The predicted molar refractivity (Wildman–Crippen MR) is 92.9 cm³/mol. The molecule has 2 atom stereocenters. The van der Waals surface area contributed by atoms with Crippen molar-refractivity contribution >= 4 is 29.1 Å². The van der Waals surface area contributed by atoms with Gasteiger partial charge in [0.1, 0.15) is 17.5 Å². The Morgan fingerprint density at radius 2 is 2.05 bits per heavy atom. The zero-order valence-electron chi connectivity index (χ0n) is 13.9. The van der Waals surface area contributed by atoms with E-state index in [0.717, 1.165) is 17.6 Å². The molecule has 2 heterocycles. The van der Waals surface area contributed by atoms with Crippen molar-refractivity contribution in [3.63, 3.8) is 0 Å². The zero-order chi connectivity index (χ0) is 16.1. The second-order valence-electron chi connectivity index (χ2n) is 7.13. The van der Waals surface area contributed by atoms with Gasteiger partial charge < -0.3 is 4.98 Å². The normalized spacial score (nSPS) is 25.4. The molecule has 0 amide bonds. The molecule has 118 valence electrons. The van der Waals surface area contributed by atoms with Gasteiger partial charge in [0.2, 0.25) is 0 Å². The summed E-state index contributed by atoms with van der Waals surface area (Å²) in [5, 5.41) is 0. The van der Waals surface area contributed by atoms with Crippen LogP contribution in [0.4, 0.5) is 0 Å². The van der Waals surface area contributed by atoms with Crippen molar-refractivity contribution in [3.8, 4) is 0 Å². The Labute approximate surface area is 136 Å². The van der Waals surface area contributed by atoms with Crippen molar-refractivity contribution in [2.45, 2.75) is 41.0 Å². The minimum atomic E-state index is 0.126. The highest BCUT2D eigenvalue weighted by atomic mass is 32.1. The second-order valence-corrected chi connectivity index (χ2v) is 7.52. The summed E-state index contributed by atoms with van der Waals surface area (Å²) in [6.07, 6.45) is 7.04. The molecule has 0 aromatic carbocycles. The number of hydrogen-bond acceptors (Lipinski definition) is 3. The third kappa shape index (κ3) is 2.06. The topological polar surface area (TPSA) is 46.5 Å². The highest BCUT2D eigenvalue weighted by molar-refractivity contribution is 7.71. The summed E-state index contributed by atoms with van der Waals surface area (Å²) in [4.78, 5) is 11.8. The van der Waals surface area contributed by atoms with Crippen molar-refractivity contribution in [2.75, 3.05) is 0 Å². The Morgan fingerprint density at radius 3 is 2.68 bits per heavy atom. The summed E-state index contributed by atoms with van der Waals surface area (Å²) in [5.41, 5.74) is 3.18. The van der Waals surface area contributed by atoms with Crippen molar-refractivity contribution in [3.05, 3.63) is 23.4 Å². The molecule has 0 saturated heterocycles. The van der Waals surface area contributed by atoms with E-state index in [2.05, 4.69) is 60.2 Å². The molecule has 4 nitrogen and oxygen atoms in total. The smallest absolute Gasteiger partial charge is 0.157 e. The average Bonchev–Trinajstić information content (AvgIpc) is 3.01. The van der Waals surface area contributed by atoms with E-state index >= 15 is 0 Å². The average molecular weight is 316 g/mol. The van der Waals surface area contributed by atoms with Crippen molar-refractivity contribution < 1.29 is 0 Å². The van der Waals surface area contributed by atoms with Crippen molar-refractivity contribution in [2.24, 2.45) is 23.2 Å². The van der Waals surface area contributed by atoms with E-state index < -0.39 is 0 Å². The highest BCUT2D eigenvalue weighted by Gasteiger charge is 2.46. The molecule has 22 heavy (non-hydrogen) atoms. The maximum atomic E-state index is 5.29. The van der Waals surface area contributed by atoms with Gasteiger partial charge in [0.25, 0.3) is 0 Å². The lowest BCUT2D eigenvalue weighted by Gasteiger charge is -2.41. The second kappa shape index (κ2) is 5.30. The number of fused-ring (bicyclic) bond motifs is 1. The van der Waals surface area contributed by atoms with Crippen LogP contribution in [0, 0.1) is 27.8 Å². The molecule has 1 aliphatic rings. The SMILES string of the molecule is CC(C)C1CC=C(n2cnc3c(=S)nc[nH]c32)[C@@]1(C)C(C)C. The first-order valence-electron chi connectivity index (χ1n) is 7.99. The highest BCUT2D eigenvalue weighted by Crippen LogP contribution is 2.54. The fourth-order valence-electron chi connectivity index (χ4n) is 3.98. The van der Waals surface area contributed by atoms with E-state index in [1.807, 2.05) is 6.33 Å². The standard InChI is InChI=1S/C17H24N4S/c1-10(2)12-6-7-13(17(12,5)11(3)4)21-9-20-14-15(21)18-8-19-16(14)22/h7-12H,6H2,1-5H3,(H,18,19,22)/t12?,17-/m0/s1. The number of H-pyrrole nitrogens is 1. The fourth-order valence-corrected chi connectivity index (χ4v) is 4.18. The van der Waals surface area contributed by atoms with Crippen molar-refractivity contribution in [1.29, 1.82) is 0 Å². The fraction of sp³-hybridized carbons (Fsp3) is 0.588. The van der Waals surface area contributed by atoms with Crippen LogP contribution in [0.25, 0.3) is 16.9 Å². The number of allylic oxidation sites excluding steroid dienone is 2. The Hall–Kier alpha value is -1.49. The summed E-state index contributed by atoms with van der Waals surface area (Å²) in [5.74, 6) is 1.84. The molecule has 0 radical (unpaired) electrons. The van der Waals surface area contributed by atoms with Gasteiger partial charge in [0.15, 0.2) is 4.64 Å². The van der Waals surface area contributed by atoms with Crippen LogP contribution in [0.5, 0.6) is 0 Å². The van der Waals surface area contributed by atoms with Gasteiger partial charge in [0.05, 0.1) is 6.33 Å². The molecule has 0 saturated carbocycles. The third-order valence-corrected chi connectivity index (χ3v) is 5.80. The minimum Gasteiger partial charge on any atom is -0.330 e. The van der Waals surface area contributed by atoms with Crippen molar-refractivity contribution in [1.82, 2.24) is 19.5 Å². The summed E-state index contributed by atoms with van der Waals surface area (Å²) in [6, 6.07) is 0. The number of nitrogens with one attached hydrogen (secondary N) is 1. The first-order chi connectivity index (χ1) is 10.4. The van der Waals surface area contributed by atoms with Crippen LogP contribution in [0.1, 0.15) is 41.0 Å². The van der Waals surface area contributed by atoms with E-state index in [4.69, 9.17) is 12.2 Å². The summed E-state index contributed by atoms with van der Waals surface area (Å²) in [7, 11) is 0. The summed E-state index contributed by atoms with van der Waals surface area (Å²) >= 11 is 5.29. The lowest BCUT2D eigenvalue weighted by molar-refractivity contribution is 0.153. The number of imidazole rings is 1. The van der Waals surface area contributed by atoms with Crippen LogP contribution in [0.15, 0.2) is 18.7 Å². The number of rotatable bonds is 3. The van der Waals surface area contributed by atoms with E-state index in [-0.39, 0.29) is 5.41 Å². The van der Waals surface area contributed by atoms with Crippen LogP contribution < -0.4 is 0 Å². The molecular weight excluding hydrogens is 292 g/mol. The first-order valence-corrected chi connectivity index (χ1v) is 8.40. The van der Waals surface area contributed by atoms with Gasteiger partial charge in [-0.15, -0.1) is 0 Å². The van der Waals surface area contributed by atoms with Gasteiger partial charge in [-0.25, -0.2) is 9.97 Å². The third-order valence-electron chi connectivity index (χ3n) is 5.50. The van der Waals surface area contributed by atoms with Gasteiger partial charge in [0, 0.05) is 11.1 Å². The molecule has 2 aromatic rings. The van der Waals surface area contributed by atoms with Gasteiger partial charge >= 0.3 is 0 Å². The van der Waals surface area contributed by atoms with E-state index in [0.29, 0.717) is 22.4 Å². The van der Waals surface area contributed by atoms with Gasteiger partial charge in [-0.3, -0.25) is 4.57 Å². The molecule has 1 aliphatic carbocycles. The largest absolute Gasteiger partial charge is 0.330 e. The Kier molecular flexibility index (Phi) is 3.71. The first kappa shape index (κ1) is 15.4. The number of aromatic nitrogens is 4. The maximum absolute atomic E-state index is 5.29. The lowest BCUT2D eigenvalue weighted by atomic mass is 9.66. The predicted octanol–water partition coefficient (Wildman–Crippen LogP) is 4.67. The molecule has 5 heteroatoms. The molecule has 0 bridgehead atoms. The van der Waals surface area contributed by atoms with Gasteiger partial charge in [-0.1, -0.05) is 52.9 Å². The van der Waals surface area contributed by atoms with Crippen LogP contribution in [-0.2, 0) is 0 Å². The summed E-state index contributed by atoms with van der Waals surface area (Å²) < 4.78 is 2.73.